The average molecular weight is 440 g/mol. The molecule has 0 unspecified atom stereocenters. The molecule has 0 spiro atoms. The molecule has 1 amide bonds. The fourth-order valence-corrected chi connectivity index (χ4v) is 5.88. The Morgan fingerprint density at radius 3 is 2.03 bits per heavy atom. The van der Waals surface area contributed by atoms with Crippen molar-refractivity contribution in [2.24, 2.45) is 34.2 Å². The number of nitrogens with one attached hydrogen (secondary N) is 2. The van der Waals surface area contributed by atoms with E-state index < -0.39 is 11.4 Å². The molecule has 0 heterocycles. The Bertz CT molecular complexity index is 915. The van der Waals surface area contributed by atoms with E-state index in [0.717, 1.165) is 11.8 Å². The number of carbonyl (C=O) groups excluding carboxylic acids is 1. The van der Waals surface area contributed by atoms with Crippen LogP contribution in [0.25, 0.3) is 0 Å². The molecule has 172 valence electrons. The van der Waals surface area contributed by atoms with Crippen molar-refractivity contribution < 1.29 is 19.8 Å². The fraction of sp³-hybridized carbons (Fsp3) is 0.560. The molecule has 5 rings (SSSR count). The molecule has 4 fully saturated rings. The number of carboxylic acids is 1. The third-order valence-corrected chi connectivity index (χ3v) is 7.25. The summed E-state index contributed by atoms with van der Waals surface area (Å²) < 4.78 is 0. The van der Waals surface area contributed by atoms with Gasteiger partial charge in [0.05, 0.1) is 23.0 Å². The highest BCUT2D eigenvalue weighted by molar-refractivity contribution is 6.13. The van der Waals surface area contributed by atoms with Gasteiger partial charge in [0.1, 0.15) is 5.76 Å². The molecular weight excluding hydrogens is 406 g/mol. The first-order valence-corrected chi connectivity index (χ1v) is 11.5. The number of carboxylic acid groups (broad SMARTS) is 1. The van der Waals surface area contributed by atoms with E-state index in [4.69, 9.17) is 5.11 Å². The quantitative estimate of drug-likeness (QED) is 0.224. The van der Waals surface area contributed by atoms with Crippen molar-refractivity contribution in [3.8, 4) is 0 Å². The van der Waals surface area contributed by atoms with E-state index in [9.17, 15) is 14.7 Å². The van der Waals surface area contributed by atoms with Crippen molar-refractivity contribution in [1.29, 1.82) is 0 Å². The normalized spacial score (nSPS) is 29.7. The SMILES string of the molecule is CC(C)(C)/C(O)=C(\C=N\Nc1ccc(C(=O)O)cc1)C(=O)NC1C2CC3CC(C2)CC1C3. The third kappa shape index (κ3) is 4.66. The maximum atomic E-state index is 13.3. The van der Waals surface area contributed by atoms with Crippen molar-refractivity contribution >= 4 is 23.8 Å². The van der Waals surface area contributed by atoms with E-state index in [-0.39, 0.29) is 28.8 Å². The van der Waals surface area contributed by atoms with Gasteiger partial charge in [-0.15, -0.1) is 0 Å². The number of aromatic carboxylic acids is 1. The first-order valence-electron chi connectivity index (χ1n) is 11.5. The van der Waals surface area contributed by atoms with Gasteiger partial charge in [-0.3, -0.25) is 10.2 Å². The number of rotatable bonds is 6. The lowest BCUT2D eigenvalue weighted by molar-refractivity contribution is -0.121. The van der Waals surface area contributed by atoms with Crippen LogP contribution in [0.1, 0.15) is 63.2 Å². The van der Waals surface area contributed by atoms with Crippen LogP contribution in [0.4, 0.5) is 5.69 Å². The van der Waals surface area contributed by atoms with Gasteiger partial charge in [-0.25, -0.2) is 4.79 Å². The zero-order valence-corrected chi connectivity index (χ0v) is 19.0. The first-order chi connectivity index (χ1) is 15.1. The molecule has 1 aromatic carbocycles. The molecule has 0 aromatic heterocycles. The Balaban J connectivity index is 1.49. The van der Waals surface area contributed by atoms with Gasteiger partial charge >= 0.3 is 5.97 Å². The second-order valence-corrected chi connectivity index (χ2v) is 10.7. The number of anilines is 1. The Morgan fingerprint density at radius 1 is 0.969 bits per heavy atom. The topological polar surface area (TPSA) is 111 Å². The molecule has 7 heteroatoms. The van der Waals surface area contributed by atoms with Gasteiger partial charge in [-0.2, -0.15) is 5.10 Å². The predicted octanol–water partition coefficient (Wildman–Crippen LogP) is 4.58. The number of allylic oxidation sites excluding steroid dienone is 1. The number of carbonyl (C=O) groups is 2. The smallest absolute Gasteiger partial charge is 0.335 e. The minimum atomic E-state index is -0.998. The van der Waals surface area contributed by atoms with E-state index in [1.807, 2.05) is 20.8 Å². The molecule has 4 aliphatic rings. The summed E-state index contributed by atoms with van der Waals surface area (Å²) in [6.45, 7) is 5.55. The van der Waals surface area contributed by atoms with Crippen molar-refractivity contribution in [1.82, 2.24) is 5.32 Å². The molecule has 4 saturated carbocycles. The Morgan fingerprint density at radius 2 is 1.53 bits per heavy atom. The zero-order valence-electron chi connectivity index (χ0n) is 19.0. The minimum Gasteiger partial charge on any atom is -0.511 e. The second kappa shape index (κ2) is 8.60. The van der Waals surface area contributed by atoms with Crippen LogP contribution in [0.15, 0.2) is 40.7 Å². The van der Waals surface area contributed by atoms with E-state index in [2.05, 4.69) is 15.8 Å². The number of amides is 1. The molecular formula is C25H33N3O4. The molecule has 32 heavy (non-hydrogen) atoms. The largest absolute Gasteiger partial charge is 0.511 e. The molecule has 1 aromatic rings. The maximum absolute atomic E-state index is 13.3. The molecule has 0 aliphatic heterocycles. The number of aliphatic hydroxyl groups is 1. The average Bonchev–Trinajstić information content (AvgIpc) is 2.72. The number of hydrazone groups is 1. The summed E-state index contributed by atoms with van der Waals surface area (Å²) in [4.78, 5) is 24.3. The van der Waals surface area contributed by atoms with Gasteiger partial charge in [-0.1, -0.05) is 20.8 Å². The van der Waals surface area contributed by atoms with Crippen molar-refractivity contribution in [3.63, 3.8) is 0 Å². The van der Waals surface area contributed by atoms with E-state index in [0.29, 0.717) is 17.5 Å². The molecule has 0 radical (unpaired) electrons. The van der Waals surface area contributed by atoms with Gasteiger partial charge in [0.2, 0.25) is 0 Å². The summed E-state index contributed by atoms with van der Waals surface area (Å²) in [6, 6.07) is 6.32. The summed E-state index contributed by atoms with van der Waals surface area (Å²) in [5, 5.41) is 27.2. The van der Waals surface area contributed by atoms with Gasteiger partial charge in [0, 0.05) is 11.5 Å². The number of nitrogens with zero attached hydrogens (tertiary/aromatic N) is 1. The number of benzene rings is 1. The molecule has 0 atom stereocenters. The van der Waals surface area contributed by atoms with Crippen molar-refractivity contribution in [3.05, 3.63) is 41.2 Å². The monoisotopic (exact) mass is 439 g/mol. The van der Waals surface area contributed by atoms with Crippen LogP contribution in [0.3, 0.4) is 0 Å². The standard InChI is InChI=1S/C25H33N3O4/c1-25(2,3)22(29)20(13-26-28-19-6-4-16(5-7-19)24(31)32)23(30)27-21-17-9-14-8-15(11-17)12-18(21)10-14/h4-7,13-15,17-18,21,28-29H,8-12H2,1-3H3,(H,27,30)(H,31,32)/b22-20-,26-13+. The highest BCUT2D eigenvalue weighted by Crippen LogP contribution is 2.53. The lowest BCUT2D eigenvalue weighted by Crippen LogP contribution is -2.56. The van der Waals surface area contributed by atoms with E-state index in [1.54, 1.807) is 12.1 Å². The Kier molecular flexibility index (Phi) is 6.01. The summed E-state index contributed by atoms with van der Waals surface area (Å²) in [5.41, 5.74) is 3.12. The Labute approximate surface area is 189 Å². The Hall–Kier alpha value is -2.83. The minimum absolute atomic E-state index is 0.00871. The van der Waals surface area contributed by atoms with Gasteiger partial charge < -0.3 is 15.5 Å². The van der Waals surface area contributed by atoms with Crippen LogP contribution in [0, 0.1) is 29.1 Å². The molecule has 4 bridgehead atoms. The van der Waals surface area contributed by atoms with E-state index >= 15 is 0 Å². The second-order valence-electron chi connectivity index (χ2n) is 10.7. The van der Waals surface area contributed by atoms with Crippen molar-refractivity contribution in [2.75, 3.05) is 5.43 Å². The zero-order chi connectivity index (χ0) is 23.0. The molecule has 7 nitrogen and oxygen atoms in total. The lowest BCUT2D eigenvalue weighted by atomic mass is 9.54. The third-order valence-electron chi connectivity index (χ3n) is 7.25. The van der Waals surface area contributed by atoms with E-state index in [1.165, 1.54) is 50.5 Å². The summed E-state index contributed by atoms with van der Waals surface area (Å²) in [6.07, 6.45) is 7.51. The van der Waals surface area contributed by atoms with Crippen molar-refractivity contribution in [2.45, 2.75) is 58.9 Å². The predicted molar refractivity (Wildman–Crippen MR) is 124 cm³/mol. The first kappa shape index (κ1) is 22.4. The van der Waals surface area contributed by atoms with Gasteiger partial charge in [0.25, 0.3) is 5.91 Å². The summed E-state index contributed by atoms with van der Waals surface area (Å²) >= 11 is 0. The molecule has 0 saturated heterocycles. The number of hydrogen-bond donors (Lipinski definition) is 4. The van der Waals surface area contributed by atoms with Gasteiger partial charge in [-0.05, 0) is 80.0 Å². The summed E-state index contributed by atoms with van der Waals surface area (Å²) in [7, 11) is 0. The highest BCUT2D eigenvalue weighted by Gasteiger charge is 2.48. The molecule has 4 aliphatic carbocycles. The number of hydrogen-bond acceptors (Lipinski definition) is 5. The summed E-state index contributed by atoms with van der Waals surface area (Å²) in [5.74, 6) is 1.42. The lowest BCUT2D eigenvalue weighted by Gasteiger charge is -2.54. The highest BCUT2D eigenvalue weighted by atomic mass is 16.4. The van der Waals surface area contributed by atoms with Crippen LogP contribution in [-0.4, -0.2) is 34.3 Å². The number of aliphatic hydroxyl groups excluding tert-OH is 1. The molecule has 4 N–H and O–H groups in total. The van der Waals surface area contributed by atoms with Gasteiger partial charge in [0.15, 0.2) is 0 Å². The van der Waals surface area contributed by atoms with Crippen LogP contribution < -0.4 is 10.7 Å². The van der Waals surface area contributed by atoms with Crippen LogP contribution in [0.5, 0.6) is 0 Å². The fourth-order valence-electron chi connectivity index (χ4n) is 5.88. The van der Waals surface area contributed by atoms with Crippen LogP contribution in [-0.2, 0) is 4.79 Å². The maximum Gasteiger partial charge on any atom is 0.335 e. The van der Waals surface area contributed by atoms with Crippen LogP contribution in [0.2, 0.25) is 0 Å². The van der Waals surface area contributed by atoms with Crippen LogP contribution >= 0.6 is 0 Å².